The number of rotatable bonds is 12. The molecule has 0 N–H and O–H groups in total. The fraction of sp³-hybridized carbons (Fsp3) is 0.346. The Kier molecular flexibility index (Phi) is 8.95. The molecule has 4 aromatic rings. The maximum atomic E-state index is 13.4. The van der Waals surface area contributed by atoms with Gasteiger partial charge in [0, 0.05) is 11.4 Å². The Labute approximate surface area is 218 Å². The number of aromatic nitrogens is 2. The number of carbonyl (C=O) groups excluding carboxylic acids is 1. The number of thiophene rings is 1. The molecule has 0 atom stereocenters. The number of ether oxygens (including phenoxy) is 1. The van der Waals surface area contributed by atoms with E-state index < -0.39 is 0 Å². The van der Waals surface area contributed by atoms with E-state index in [1.807, 2.05) is 41.8 Å². The highest BCUT2D eigenvalue weighted by atomic mass is 35.5. The van der Waals surface area contributed by atoms with Crippen LogP contribution in [0.2, 0.25) is 4.34 Å². The van der Waals surface area contributed by atoms with Crippen LogP contribution in [0.4, 0.5) is 10.8 Å². The smallest absolute Gasteiger partial charge is 0.286 e. The van der Waals surface area contributed by atoms with Crippen LogP contribution in [0.25, 0.3) is 10.6 Å². The number of carbonyl (C=O) groups is 1. The normalized spacial score (nSPS) is 11.1. The van der Waals surface area contributed by atoms with E-state index in [0.717, 1.165) is 22.7 Å². The van der Waals surface area contributed by atoms with Crippen molar-refractivity contribution in [3.8, 4) is 16.3 Å². The highest BCUT2D eigenvalue weighted by Crippen LogP contribution is 2.37. The van der Waals surface area contributed by atoms with Crippen molar-refractivity contribution < 1.29 is 14.1 Å². The first-order valence-electron chi connectivity index (χ1n) is 11.8. The molecular weight excluding hydrogens is 502 g/mol. The number of benzene rings is 1. The van der Waals surface area contributed by atoms with Crippen molar-refractivity contribution in [2.45, 2.75) is 52.4 Å². The summed E-state index contributed by atoms with van der Waals surface area (Å²) < 4.78 is 11.7. The SMILES string of the molecule is CCCCCCCCOc1ccc(N(C(=O)c2cc(C)on2)c2nc(-c3ccc(Cl)s3)cs2)cc1. The summed E-state index contributed by atoms with van der Waals surface area (Å²) in [6.45, 7) is 4.67. The van der Waals surface area contributed by atoms with Crippen LogP contribution in [0.5, 0.6) is 5.75 Å². The lowest BCUT2D eigenvalue weighted by Crippen LogP contribution is -2.26. The van der Waals surface area contributed by atoms with Crippen molar-refractivity contribution in [3.05, 3.63) is 63.6 Å². The summed E-state index contributed by atoms with van der Waals surface area (Å²) in [5.41, 5.74) is 1.67. The van der Waals surface area contributed by atoms with Gasteiger partial charge >= 0.3 is 0 Å². The van der Waals surface area contributed by atoms with Crippen LogP contribution in [-0.4, -0.2) is 22.7 Å². The zero-order valence-corrected chi connectivity index (χ0v) is 22.2. The third kappa shape index (κ3) is 6.72. The lowest BCUT2D eigenvalue weighted by atomic mass is 10.1. The summed E-state index contributed by atoms with van der Waals surface area (Å²) in [7, 11) is 0. The van der Waals surface area contributed by atoms with Gasteiger partial charge in [-0.1, -0.05) is 55.8 Å². The minimum absolute atomic E-state index is 0.224. The molecule has 0 saturated heterocycles. The average Bonchev–Trinajstić information content (AvgIpc) is 3.61. The fourth-order valence-electron chi connectivity index (χ4n) is 3.59. The van der Waals surface area contributed by atoms with Gasteiger partial charge in [0.2, 0.25) is 0 Å². The highest BCUT2D eigenvalue weighted by molar-refractivity contribution is 7.20. The van der Waals surface area contributed by atoms with Crippen LogP contribution in [-0.2, 0) is 0 Å². The van der Waals surface area contributed by atoms with Gasteiger partial charge in [-0.3, -0.25) is 9.69 Å². The third-order valence-electron chi connectivity index (χ3n) is 5.42. The van der Waals surface area contributed by atoms with Gasteiger partial charge in [0.05, 0.1) is 27.2 Å². The molecule has 184 valence electrons. The van der Waals surface area contributed by atoms with Gasteiger partial charge in [0.1, 0.15) is 11.5 Å². The topological polar surface area (TPSA) is 68.5 Å². The van der Waals surface area contributed by atoms with Gasteiger partial charge in [-0.2, -0.15) is 0 Å². The second-order valence-corrected chi connectivity index (χ2v) is 10.7. The minimum Gasteiger partial charge on any atom is -0.494 e. The van der Waals surface area contributed by atoms with Gasteiger partial charge in [0.25, 0.3) is 5.91 Å². The van der Waals surface area contributed by atoms with E-state index in [1.54, 1.807) is 17.9 Å². The number of hydrogen-bond acceptors (Lipinski definition) is 7. The summed E-state index contributed by atoms with van der Waals surface area (Å²) in [5, 5.41) is 6.38. The zero-order chi connectivity index (χ0) is 24.6. The lowest BCUT2D eigenvalue weighted by molar-refractivity contribution is 0.0990. The molecule has 0 radical (unpaired) electrons. The molecule has 0 spiro atoms. The largest absolute Gasteiger partial charge is 0.494 e. The number of halogens is 1. The molecule has 4 rings (SSSR count). The Hall–Kier alpha value is -2.68. The van der Waals surface area contributed by atoms with Crippen molar-refractivity contribution in [3.63, 3.8) is 0 Å². The van der Waals surface area contributed by atoms with Crippen molar-refractivity contribution in [1.29, 1.82) is 0 Å². The second kappa shape index (κ2) is 12.3. The van der Waals surface area contributed by atoms with E-state index in [4.69, 9.17) is 25.8 Å². The molecule has 1 amide bonds. The Morgan fingerprint density at radius 1 is 1.09 bits per heavy atom. The number of thiazole rings is 1. The van der Waals surface area contributed by atoms with Gasteiger partial charge in [-0.05, 0) is 49.7 Å². The van der Waals surface area contributed by atoms with Gasteiger partial charge in [-0.15, -0.1) is 22.7 Å². The van der Waals surface area contributed by atoms with Crippen LogP contribution >= 0.6 is 34.3 Å². The summed E-state index contributed by atoms with van der Waals surface area (Å²) in [6, 6.07) is 12.9. The summed E-state index contributed by atoms with van der Waals surface area (Å²) in [5.74, 6) is 1.03. The molecule has 0 saturated carbocycles. The first-order chi connectivity index (χ1) is 17.0. The maximum Gasteiger partial charge on any atom is 0.286 e. The molecule has 9 heteroatoms. The maximum absolute atomic E-state index is 13.4. The first kappa shape index (κ1) is 25.4. The van der Waals surface area contributed by atoms with Crippen molar-refractivity contribution in [1.82, 2.24) is 10.1 Å². The number of anilines is 2. The van der Waals surface area contributed by atoms with Gasteiger partial charge in [-0.25, -0.2) is 4.98 Å². The van der Waals surface area contributed by atoms with Crippen LogP contribution < -0.4 is 9.64 Å². The molecule has 0 aliphatic rings. The zero-order valence-electron chi connectivity index (χ0n) is 19.8. The molecule has 35 heavy (non-hydrogen) atoms. The average molecular weight is 530 g/mol. The van der Waals surface area contributed by atoms with E-state index in [9.17, 15) is 4.79 Å². The van der Waals surface area contributed by atoms with E-state index in [-0.39, 0.29) is 11.6 Å². The molecular formula is C26H28ClN3O3S2. The Morgan fingerprint density at radius 3 is 2.54 bits per heavy atom. The predicted molar refractivity (Wildman–Crippen MR) is 143 cm³/mol. The first-order valence-corrected chi connectivity index (χ1v) is 13.8. The number of amides is 1. The van der Waals surface area contributed by atoms with E-state index in [2.05, 4.69) is 12.1 Å². The standard InChI is InChI=1S/C26H28ClN3O3S2/c1-3-4-5-6-7-8-15-32-20-11-9-19(10-12-20)30(25(31)21-16-18(2)33-29-21)26-28-22(17-34-26)23-13-14-24(27)35-23/h9-14,16-17H,3-8,15H2,1-2H3. The van der Waals surface area contributed by atoms with Crippen LogP contribution in [0.1, 0.15) is 61.7 Å². The molecule has 0 unspecified atom stereocenters. The third-order valence-corrected chi connectivity index (χ3v) is 7.50. The number of nitrogens with zero attached hydrogens (tertiary/aromatic N) is 3. The summed E-state index contributed by atoms with van der Waals surface area (Å²) in [4.78, 5) is 20.7. The molecule has 3 aromatic heterocycles. The highest BCUT2D eigenvalue weighted by Gasteiger charge is 2.26. The van der Waals surface area contributed by atoms with Crippen molar-refractivity contribution in [2.75, 3.05) is 11.5 Å². The minimum atomic E-state index is -0.312. The van der Waals surface area contributed by atoms with E-state index in [1.165, 1.54) is 54.8 Å². The Bertz CT molecular complexity index is 1230. The molecule has 0 aliphatic carbocycles. The fourth-order valence-corrected chi connectivity index (χ4v) is 5.51. The van der Waals surface area contributed by atoms with Crippen molar-refractivity contribution in [2.24, 2.45) is 0 Å². The molecule has 6 nitrogen and oxygen atoms in total. The number of hydrogen-bond donors (Lipinski definition) is 0. The number of unbranched alkanes of at least 4 members (excludes halogenated alkanes) is 5. The Morgan fingerprint density at radius 2 is 1.86 bits per heavy atom. The Balaban J connectivity index is 1.50. The van der Waals surface area contributed by atoms with E-state index >= 15 is 0 Å². The van der Waals surface area contributed by atoms with Crippen LogP contribution in [0.15, 0.2) is 52.4 Å². The summed E-state index contributed by atoms with van der Waals surface area (Å²) >= 11 is 8.93. The molecule has 3 heterocycles. The van der Waals surface area contributed by atoms with Crippen molar-refractivity contribution >= 4 is 51.0 Å². The monoisotopic (exact) mass is 529 g/mol. The lowest BCUT2D eigenvalue weighted by Gasteiger charge is -2.19. The van der Waals surface area contributed by atoms with Crippen LogP contribution in [0, 0.1) is 6.92 Å². The summed E-state index contributed by atoms with van der Waals surface area (Å²) in [6.07, 6.45) is 7.31. The number of aryl methyl sites for hydroxylation is 1. The van der Waals surface area contributed by atoms with E-state index in [0.29, 0.717) is 27.5 Å². The predicted octanol–water partition coefficient (Wildman–Crippen LogP) is 8.54. The van der Waals surface area contributed by atoms with Gasteiger partial charge in [0.15, 0.2) is 10.8 Å². The molecule has 0 fully saturated rings. The molecule has 0 bridgehead atoms. The molecule has 0 aliphatic heterocycles. The second-order valence-electron chi connectivity index (χ2n) is 8.19. The molecule has 1 aromatic carbocycles. The van der Waals surface area contributed by atoms with Crippen LogP contribution in [0.3, 0.4) is 0 Å². The van der Waals surface area contributed by atoms with Gasteiger partial charge < -0.3 is 9.26 Å². The quantitative estimate of drug-likeness (QED) is 0.172.